The maximum atomic E-state index is 11.1. The van der Waals surface area contributed by atoms with E-state index in [2.05, 4.69) is 4.98 Å². The summed E-state index contributed by atoms with van der Waals surface area (Å²) in [5.74, 6) is -0.941. The van der Waals surface area contributed by atoms with Crippen molar-refractivity contribution in [1.29, 1.82) is 0 Å². The first-order valence-corrected chi connectivity index (χ1v) is 6.52. The van der Waals surface area contributed by atoms with Gasteiger partial charge in [-0.25, -0.2) is 0 Å². The number of nitrogens with zero attached hydrogens (tertiary/aromatic N) is 3. The van der Waals surface area contributed by atoms with Crippen LogP contribution in [0.1, 0.15) is 13.3 Å². The standard InChI is InChI=1S/C14H15N3O4/c1-2-7-16(9-14(18)19)12-3-4-13(17(20)21)11-8-15-6-5-10(11)12/h3-6,8H,2,7,9H2,1H3,(H,18,19). The van der Waals surface area contributed by atoms with Crippen molar-refractivity contribution in [2.75, 3.05) is 18.0 Å². The molecular weight excluding hydrogens is 274 g/mol. The topological polar surface area (TPSA) is 96.6 Å². The molecule has 1 heterocycles. The minimum Gasteiger partial charge on any atom is -0.480 e. The van der Waals surface area contributed by atoms with Gasteiger partial charge in [0.15, 0.2) is 0 Å². The Morgan fingerprint density at radius 3 is 2.76 bits per heavy atom. The molecule has 0 fully saturated rings. The molecule has 0 aliphatic rings. The first-order chi connectivity index (χ1) is 10.0. The van der Waals surface area contributed by atoms with E-state index in [1.807, 2.05) is 6.92 Å². The molecule has 110 valence electrons. The van der Waals surface area contributed by atoms with Gasteiger partial charge < -0.3 is 10.0 Å². The molecule has 0 aliphatic carbocycles. The van der Waals surface area contributed by atoms with Crippen LogP contribution in [0.3, 0.4) is 0 Å². The van der Waals surface area contributed by atoms with Gasteiger partial charge >= 0.3 is 5.97 Å². The molecule has 7 heteroatoms. The van der Waals surface area contributed by atoms with Crippen molar-refractivity contribution in [3.63, 3.8) is 0 Å². The van der Waals surface area contributed by atoms with Crippen LogP contribution in [0.2, 0.25) is 0 Å². The van der Waals surface area contributed by atoms with E-state index in [9.17, 15) is 14.9 Å². The molecule has 7 nitrogen and oxygen atoms in total. The number of fused-ring (bicyclic) bond motifs is 1. The lowest BCUT2D eigenvalue weighted by Crippen LogP contribution is -2.30. The van der Waals surface area contributed by atoms with Crippen molar-refractivity contribution in [2.24, 2.45) is 0 Å². The molecule has 1 N–H and O–H groups in total. The second-order valence-corrected chi connectivity index (χ2v) is 4.60. The van der Waals surface area contributed by atoms with Gasteiger partial charge in [0.25, 0.3) is 5.69 Å². The zero-order chi connectivity index (χ0) is 15.4. The summed E-state index contributed by atoms with van der Waals surface area (Å²) in [5.41, 5.74) is 0.635. The first-order valence-electron chi connectivity index (χ1n) is 6.52. The number of benzene rings is 1. The Hall–Kier alpha value is -2.70. The summed E-state index contributed by atoms with van der Waals surface area (Å²) in [6, 6.07) is 4.66. The second kappa shape index (κ2) is 6.17. The molecule has 0 radical (unpaired) electrons. The number of anilines is 1. The average Bonchev–Trinajstić information content (AvgIpc) is 2.45. The lowest BCUT2D eigenvalue weighted by molar-refractivity contribution is -0.383. The van der Waals surface area contributed by atoms with Crippen LogP contribution in [0, 0.1) is 10.1 Å². The van der Waals surface area contributed by atoms with Crippen molar-refractivity contribution < 1.29 is 14.8 Å². The molecule has 0 atom stereocenters. The van der Waals surface area contributed by atoms with Crippen LogP contribution in [0.25, 0.3) is 10.8 Å². The SMILES string of the molecule is CCCN(CC(=O)O)c1ccc([N+](=O)[O-])c2cnccc12. The Labute approximate surface area is 121 Å². The van der Waals surface area contributed by atoms with Gasteiger partial charge in [-0.1, -0.05) is 6.92 Å². The number of rotatable bonds is 6. The maximum Gasteiger partial charge on any atom is 0.323 e. The van der Waals surface area contributed by atoms with E-state index in [-0.39, 0.29) is 12.2 Å². The molecule has 1 aromatic carbocycles. The van der Waals surface area contributed by atoms with Crippen LogP contribution in [0.4, 0.5) is 11.4 Å². The van der Waals surface area contributed by atoms with Gasteiger partial charge in [0.05, 0.1) is 10.3 Å². The number of pyridine rings is 1. The number of carboxylic acids is 1. The van der Waals surface area contributed by atoms with Gasteiger partial charge in [-0.2, -0.15) is 0 Å². The van der Waals surface area contributed by atoms with Crippen LogP contribution in [-0.4, -0.2) is 34.1 Å². The van der Waals surface area contributed by atoms with Gasteiger partial charge in [0, 0.05) is 36.1 Å². The average molecular weight is 289 g/mol. The first kappa shape index (κ1) is 14.7. The zero-order valence-electron chi connectivity index (χ0n) is 11.5. The number of aliphatic carboxylic acids is 1. The molecule has 0 unspecified atom stereocenters. The van der Waals surface area contributed by atoms with Crippen molar-refractivity contribution in [2.45, 2.75) is 13.3 Å². The highest BCUT2D eigenvalue weighted by Gasteiger charge is 2.18. The summed E-state index contributed by atoms with van der Waals surface area (Å²) in [6.07, 6.45) is 3.75. The van der Waals surface area contributed by atoms with E-state index < -0.39 is 10.9 Å². The monoisotopic (exact) mass is 289 g/mol. The molecule has 0 amide bonds. The Kier molecular flexibility index (Phi) is 4.32. The van der Waals surface area contributed by atoms with E-state index in [1.54, 1.807) is 23.2 Å². The Bertz CT molecular complexity index is 687. The predicted molar refractivity (Wildman–Crippen MR) is 78.5 cm³/mol. The summed E-state index contributed by atoms with van der Waals surface area (Å²) < 4.78 is 0. The lowest BCUT2D eigenvalue weighted by atomic mass is 10.1. The minimum absolute atomic E-state index is 0.0337. The predicted octanol–water partition coefficient (Wildman–Crippen LogP) is 2.44. The number of nitro benzene ring substituents is 1. The van der Waals surface area contributed by atoms with E-state index >= 15 is 0 Å². The van der Waals surface area contributed by atoms with Gasteiger partial charge in [-0.3, -0.25) is 19.9 Å². The number of hydrogen-bond donors (Lipinski definition) is 1. The Balaban J connectivity index is 2.60. The largest absolute Gasteiger partial charge is 0.480 e. The molecule has 2 aromatic rings. The number of nitro groups is 1. The molecule has 0 saturated heterocycles. The van der Waals surface area contributed by atoms with Crippen LogP contribution in [-0.2, 0) is 4.79 Å². The summed E-state index contributed by atoms with van der Waals surface area (Å²) >= 11 is 0. The Morgan fingerprint density at radius 1 is 1.38 bits per heavy atom. The Morgan fingerprint density at radius 2 is 2.14 bits per heavy atom. The molecule has 21 heavy (non-hydrogen) atoms. The van der Waals surface area contributed by atoms with Crippen molar-refractivity contribution in [3.05, 3.63) is 40.7 Å². The van der Waals surface area contributed by atoms with E-state index in [1.165, 1.54) is 12.3 Å². The highest BCUT2D eigenvalue weighted by molar-refractivity contribution is 6.00. The molecule has 0 saturated carbocycles. The number of carbonyl (C=O) groups is 1. The van der Waals surface area contributed by atoms with Crippen LogP contribution < -0.4 is 4.90 Å². The van der Waals surface area contributed by atoms with Gasteiger partial charge in [0.2, 0.25) is 0 Å². The van der Waals surface area contributed by atoms with Crippen LogP contribution >= 0.6 is 0 Å². The number of non-ortho nitro benzene ring substituents is 1. The lowest BCUT2D eigenvalue weighted by Gasteiger charge is -2.23. The summed E-state index contributed by atoms with van der Waals surface area (Å²) in [4.78, 5) is 27.2. The number of hydrogen-bond acceptors (Lipinski definition) is 5. The van der Waals surface area contributed by atoms with Crippen molar-refractivity contribution in [3.8, 4) is 0 Å². The van der Waals surface area contributed by atoms with Gasteiger partial charge in [0.1, 0.15) is 6.54 Å². The molecule has 0 aliphatic heterocycles. The van der Waals surface area contributed by atoms with Gasteiger partial charge in [-0.05, 0) is 18.6 Å². The van der Waals surface area contributed by atoms with E-state index in [4.69, 9.17) is 5.11 Å². The maximum absolute atomic E-state index is 11.1. The summed E-state index contributed by atoms with van der Waals surface area (Å²) in [6.45, 7) is 2.36. The summed E-state index contributed by atoms with van der Waals surface area (Å²) in [5, 5.41) is 21.1. The highest BCUT2D eigenvalue weighted by atomic mass is 16.6. The van der Waals surface area contributed by atoms with Crippen molar-refractivity contribution >= 4 is 28.1 Å². The van der Waals surface area contributed by atoms with Crippen LogP contribution in [0.5, 0.6) is 0 Å². The number of carboxylic acid groups (broad SMARTS) is 1. The fourth-order valence-electron chi connectivity index (χ4n) is 2.31. The van der Waals surface area contributed by atoms with E-state index in [0.717, 1.165) is 6.42 Å². The minimum atomic E-state index is -0.941. The van der Waals surface area contributed by atoms with E-state index in [0.29, 0.717) is 23.0 Å². The quantitative estimate of drug-likeness (QED) is 0.648. The molecule has 1 aromatic heterocycles. The number of aromatic nitrogens is 1. The third-order valence-corrected chi connectivity index (χ3v) is 3.13. The van der Waals surface area contributed by atoms with Crippen molar-refractivity contribution in [1.82, 2.24) is 4.98 Å². The summed E-state index contributed by atoms with van der Waals surface area (Å²) in [7, 11) is 0. The smallest absolute Gasteiger partial charge is 0.323 e. The second-order valence-electron chi connectivity index (χ2n) is 4.60. The zero-order valence-corrected chi connectivity index (χ0v) is 11.5. The fourth-order valence-corrected chi connectivity index (χ4v) is 2.31. The normalized spacial score (nSPS) is 10.5. The molecular formula is C14H15N3O4. The fraction of sp³-hybridized carbons (Fsp3) is 0.286. The van der Waals surface area contributed by atoms with Gasteiger partial charge in [-0.15, -0.1) is 0 Å². The highest BCUT2D eigenvalue weighted by Crippen LogP contribution is 2.32. The molecule has 0 spiro atoms. The van der Waals surface area contributed by atoms with Crippen LogP contribution in [0.15, 0.2) is 30.6 Å². The molecule has 0 bridgehead atoms. The molecule has 2 rings (SSSR count). The third kappa shape index (κ3) is 3.07. The third-order valence-electron chi connectivity index (χ3n) is 3.13.